The third-order valence-corrected chi connectivity index (χ3v) is 4.03. The number of nitrogens with one attached hydrogen (secondary N) is 1. The summed E-state index contributed by atoms with van der Waals surface area (Å²) in [5, 5.41) is 2.85. The molecular weight excluding hydrogens is 274 g/mol. The van der Waals surface area contributed by atoms with Crippen LogP contribution in [0.3, 0.4) is 0 Å². The Bertz CT molecular complexity index is 554. The van der Waals surface area contributed by atoms with E-state index in [1.165, 1.54) is 12.1 Å². The average molecular weight is 296 g/mol. The second kappa shape index (κ2) is 5.37. The number of nitrogens with zero attached hydrogens (tertiary/aromatic N) is 1. The van der Waals surface area contributed by atoms with Crippen LogP contribution in [-0.4, -0.2) is 35.0 Å². The van der Waals surface area contributed by atoms with Gasteiger partial charge in [0, 0.05) is 18.6 Å². The highest BCUT2D eigenvalue weighted by Crippen LogP contribution is 2.27. The second-order valence-electron chi connectivity index (χ2n) is 6.96. The first-order valence-electron chi connectivity index (χ1n) is 7.14. The van der Waals surface area contributed by atoms with Crippen molar-refractivity contribution in [3.8, 4) is 0 Å². The van der Waals surface area contributed by atoms with Gasteiger partial charge in [-0.3, -0.25) is 9.69 Å². The number of rotatable bonds is 2. The summed E-state index contributed by atoms with van der Waals surface area (Å²) in [7, 11) is 0. The summed E-state index contributed by atoms with van der Waals surface area (Å²) in [5.41, 5.74) is -0.652. The van der Waals surface area contributed by atoms with E-state index < -0.39 is 23.1 Å². The van der Waals surface area contributed by atoms with Crippen LogP contribution in [0.4, 0.5) is 8.78 Å². The van der Waals surface area contributed by atoms with Gasteiger partial charge in [0.05, 0.1) is 11.1 Å². The van der Waals surface area contributed by atoms with Gasteiger partial charge in [-0.05, 0) is 46.2 Å². The highest BCUT2D eigenvalue weighted by molar-refractivity contribution is 5.95. The fourth-order valence-corrected chi connectivity index (χ4v) is 2.66. The highest BCUT2D eigenvalue weighted by atomic mass is 19.2. The van der Waals surface area contributed by atoms with E-state index in [-0.39, 0.29) is 11.1 Å². The van der Waals surface area contributed by atoms with Crippen LogP contribution in [0.1, 0.15) is 44.5 Å². The van der Waals surface area contributed by atoms with E-state index in [0.29, 0.717) is 6.54 Å². The van der Waals surface area contributed by atoms with Gasteiger partial charge in [-0.1, -0.05) is 6.07 Å². The molecule has 1 aliphatic heterocycles. The van der Waals surface area contributed by atoms with Gasteiger partial charge in [-0.2, -0.15) is 0 Å². The van der Waals surface area contributed by atoms with Crippen LogP contribution < -0.4 is 5.32 Å². The van der Waals surface area contributed by atoms with Crippen molar-refractivity contribution < 1.29 is 13.6 Å². The van der Waals surface area contributed by atoms with Crippen LogP contribution in [0, 0.1) is 11.6 Å². The minimum atomic E-state index is -1.09. The molecule has 1 N–H and O–H groups in total. The van der Waals surface area contributed by atoms with Gasteiger partial charge in [0.1, 0.15) is 0 Å². The minimum Gasteiger partial charge on any atom is -0.345 e. The molecule has 1 fully saturated rings. The fraction of sp³-hybridized carbons (Fsp3) is 0.562. The predicted octanol–water partition coefficient (Wildman–Crippen LogP) is 2.96. The normalized spacial score (nSPS) is 23.3. The van der Waals surface area contributed by atoms with E-state index in [4.69, 9.17) is 0 Å². The molecule has 0 aliphatic carbocycles. The maximum atomic E-state index is 13.7. The molecule has 0 bridgehead atoms. The Balaban J connectivity index is 2.11. The van der Waals surface area contributed by atoms with Gasteiger partial charge in [0.15, 0.2) is 11.6 Å². The van der Waals surface area contributed by atoms with Gasteiger partial charge in [-0.15, -0.1) is 0 Å². The topological polar surface area (TPSA) is 32.3 Å². The summed E-state index contributed by atoms with van der Waals surface area (Å²) >= 11 is 0. The Morgan fingerprint density at radius 1 is 1.33 bits per heavy atom. The SMILES string of the molecule is CC1(NC(=O)c2cccc(F)c2F)CCN(C(C)(C)C)C1. The lowest BCUT2D eigenvalue weighted by Gasteiger charge is -2.34. The van der Waals surface area contributed by atoms with E-state index >= 15 is 0 Å². The third-order valence-electron chi connectivity index (χ3n) is 4.03. The molecule has 1 saturated heterocycles. The van der Waals surface area contributed by atoms with E-state index in [0.717, 1.165) is 19.0 Å². The van der Waals surface area contributed by atoms with Crippen LogP contribution in [0.25, 0.3) is 0 Å². The number of carbonyl (C=O) groups excluding carboxylic acids is 1. The van der Waals surface area contributed by atoms with Crippen LogP contribution in [-0.2, 0) is 0 Å². The molecule has 1 unspecified atom stereocenters. The molecule has 1 aromatic carbocycles. The summed E-state index contributed by atoms with van der Waals surface area (Å²) in [5.74, 6) is -2.66. The quantitative estimate of drug-likeness (QED) is 0.910. The number of benzene rings is 1. The van der Waals surface area contributed by atoms with Gasteiger partial charge in [0.2, 0.25) is 0 Å². The maximum absolute atomic E-state index is 13.7. The first kappa shape index (κ1) is 15.9. The number of likely N-dealkylation sites (tertiary alicyclic amines) is 1. The van der Waals surface area contributed by atoms with Crippen molar-refractivity contribution in [3.63, 3.8) is 0 Å². The number of carbonyl (C=O) groups is 1. The molecule has 1 atom stereocenters. The molecule has 5 heteroatoms. The average Bonchev–Trinajstić information content (AvgIpc) is 2.74. The van der Waals surface area contributed by atoms with Crippen LogP contribution in [0.15, 0.2) is 18.2 Å². The maximum Gasteiger partial charge on any atom is 0.254 e. The lowest BCUT2D eigenvalue weighted by atomic mass is 10.00. The molecule has 0 spiro atoms. The lowest BCUT2D eigenvalue weighted by Crippen LogP contribution is -2.50. The Morgan fingerprint density at radius 2 is 2.00 bits per heavy atom. The van der Waals surface area contributed by atoms with Gasteiger partial charge >= 0.3 is 0 Å². The van der Waals surface area contributed by atoms with Crippen molar-refractivity contribution in [2.45, 2.75) is 45.2 Å². The van der Waals surface area contributed by atoms with Crippen molar-refractivity contribution in [1.82, 2.24) is 10.2 Å². The number of amides is 1. The molecule has 1 aliphatic rings. The summed E-state index contributed by atoms with van der Waals surface area (Å²) < 4.78 is 26.9. The van der Waals surface area contributed by atoms with Gasteiger partial charge in [0.25, 0.3) is 5.91 Å². The molecule has 1 amide bonds. The fourth-order valence-electron chi connectivity index (χ4n) is 2.66. The van der Waals surface area contributed by atoms with Crippen molar-refractivity contribution in [1.29, 1.82) is 0 Å². The van der Waals surface area contributed by atoms with Crippen LogP contribution in [0.5, 0.6) is 0 Å². The zero-order valence-electron chi connectivity index (χ0n) is 13.0. The zero-order chi connectivity index (χ0) is 15.8. The number of halogens is 2. The number of hydrogen-bond acceptors (Lipinski definition) is 2. The third kappa shape index (κ3) is 3.40. The Labute approximate surface area is 124 Å². The van der Waals surface area contributed by atoms with Crippen LogP contribution >= 0.6 is 0 Å². The Morgan fingerprint density at radius 3 is 2.57 bits per heavy atom. The predicted molar refractivity (Wildman–Crippen MR) is 78.2 cm³/mol. The lowest BCUT2D eigenvalue weighted by molar-refractivity contribution is 0.0890. The van der Waals surface area contributed by atoms with E-state index in [9.17, 15) is 13.6 Å². The second-order valence-corrected chi connectivity index (χ2v) is 6.96. The molecule has 3 nitrogen and oxygen atoms in total. The Hall–Kier alpha value is -1.49. The van der Waals surface area contributed by atoms with Crippen molar-refractivity contribution >= 4 is 5.91 Å². The smallest absolute Gasteiger partial charge is 0.254 e. The van der Waals surface area contributed by atoms with Crippen molar-refractivity contribution in [2.24, 2.45) is 0 Å². The molecule has 0 radical (unpaired) electrons. The summed E-state index contributed by atoms with van der Waals surface area (Å²) in [6, 6.07) is 3.64. The molecule has 1 aromatic rings. The summed E-state index contributed by atoms with van der Waals surface area (Å²) in [4.78, 5) is 14.5. The number of hydrogen-bond donors (Lipinski definition) is 1. The largest absolute Gasteiger partial charge is 0.345 e. The van der Waals surface area contributed by atoms with Crippen molar-refractivity contribution in [2.75, 3.05) is 13.1 Å². The monoisotopic (exact) mass is 296 g/mol. The molecular formula is C16H22F2N2O. The molecule has 0 aromatic heterocycles. The molecule has 2 rings (SSSR count). The van der Waals surface area contributed by atoms with E-state index in [2.05, 4.69) is 31.0 Å². The molecule has 1 heterocycles. The first-order chi connectivity index (χ1) is 9.62. The standard InChI is InChI=1S/C16H22F2N2O/c1-15(2,3)20-9-8-16(4,10-20)19-14(21)11-6-5-7-12(17)13(11)18/h5-7H,8-10H2,1-4H3,(H,19,21). The molecule has 116 valence electrons. The van der Waals surface area contributed by atoms with E-state index in [1.54, 1.807) is 0 Å². The first-order valence-corrected chi connectivity index (χ1v) is 7.14. The van der Waals surface area contributed by atoms with E-state index in [1.807, 2.05) is 6.92 Å². The highest BCUT2D eigenvalue weighted by Gasteiger charge is 2.39. The molecule has 21 heavy (non-hydrogen) atoms. The zero-order valence-corrected chi connectivity index (χ0v) is 13.0. The van der Waals surface area contributed by atoms with Crippen LogP contribution in [0.2, 0.25) is 0 Å². The van der Waals surface area contributed by atoms with Gasteiger partial charge < -0.3 is 5.32 Å². The Kier molecular flexibility index (Phi) is 4.06. The minimum absolute atomic E-state index is 0.0204. The van der Waals surface area contributed by atoms with Gasteiger partial charge in [-0.25, -0.2) is 8.78 Å². The molecule has 0 saturated carbocycles. The summed E-state index contributed by atoms with van der Waals surface area (Å²) in [6.07, 6.45) is 0.785. The summed E-state index contributed by atoms with van der Waals surface area (Å²) in [6.45, 7) is 9.85. The van der Waals surface area contributed by atoms with Crippen molar-refractivity contribution in [3.05, 3.63) is 35.4 Å².